The fraction of sp³-hybridized carbons (Fsp3) is 0.250. The lowest BCUT2D eigenvalue weighted by atomic mass is 10.00. The van der Waals surface area contributed by atoms with Gasteiger partial charge >= 0.3 is 5.69 Å². The van der Waals surface area contributed by atoms with Crippen LogP contribution in [0.3, 0.4) is 0 Å². The van der Waals surface area contributed by atoms with Crippen LogP contribution < -0.4 is 11.0 Å². The van der Waals surface area contributed by atoms with Crippen molar-refractivity contribution in [2.75, 3.05) is 5.32 Å². The van der Waals surface area contributed by atoms with Crippen LogP contribution in [0.5, 0.6) is 0 Å². The number of halogens is 1. The van der Waals surface area contributed by atoms with Crippen LogP contribution in [0.2, 0.25) is 5.02 Å². The van der Waals surface area contributed by atoms with Crippen LogP contribution in [0.15, 0.2) is 76.5 Å². The molecule has 0 spiro atoms. The Morgan fingerprint density at radius 1 is 0.914 bits per heavy atom. The molecule has 7 heteroatoms. The molecule has 6 nitrogen and oxygen atoms in total. The molecule has 0 aliphatic carbocycles. The van der Waals surface area contributed by atoms with Crippen LogP contribution in [-0.2, 0) is 11.2 Å². The highest BCUT2D eigenvalue weighted by molar-refractivity contribution is 6.32. The highest BCUT2D eigenvalue weighted by Gasteiger charge is 2.26. The first-order valence-corrected chi connectivity index (χ1v) is 12.1. The molecule has 1 aliphatic heterocycles. The summed E-state index contributed by atoms with van der Waals surface area (Å²) in [4.78, 5) is 35.1. The lowest BCUT2D eigenvalue weighted by Gasteiger charge is -2.11. The van der Waals surface area contributed by atoms with E-state index in [1.807, 2.05) is 48.5 Å². The van der Waals surface area contributed by atoms with Gasteiger partial charge in [0, 0.05) is 16.1 Å². The third-order valence-electron chi connectivity index (χ3n) is 5.42. The van der Waals surface area contributed by atoms with Crippen LogP contribution in [0.1, 0.15) is 43.9 Å². The second kappa shape index (κ2) is 10.7. The van der Waals surface area contributed by atoms with Gasteiger partial charge in [-0.3, -0.25) is 9.79 Å². The molecule has 0 saturated carbocycles. The number of hydrogen-bond donors (Lipinski definition) is 3. The number of nitrogens with zero attached hydrogens (tertiary/aromatic N) is 1. The van der Waals surface area contributed by atoms with E-state index < -0.39 is 6.04 Å². The van der Waals surface area contributed by atoms with Crippen molar-refractivity contribution in [1.82, 2.24) is 9.97 Å². The molecule has 1 aromatic heterocycles. The Morgan fingerprint density at radius 3 is 2.37 bits per heavy atom. The first-order chi connectivity index (χ1) is 16.8. The van der Waals surface area contributed by atoms with E-state index in [-0.39, 0.29) is 11.6 Å². The number of rotatable bonds is 4. The number of carbonyl (C=O) groups excluding carboxylic acids is 1. The lowest BCUT2D eigenvalue weighted by Crippen LogP contribution is -2.26. The summed E-state index contributed by atoms with van der Waals surface area (Å²) in [6.07, 6.45) is 1.31. The van der Waals surface area contributed by atoms with Crippen molar-refractivity contribution >= 4 is 39.9 Å². The average molecular weight is 489 g/mol. The number of aliphatic imine (C=N–C) groups is 1. The zero-order valence-corrected chi connectivity index (χ0v) is 20.8. The monoisotopic (exact) mass is 488 g/mol. The highest BCUT2D eigenvalue weighted by atomic mass is 35.5. The van der Waals surface area contributed by atoms with Gasteiger partial charge in [-0.1, -0.05) is 68.8 Å². The molecule has 1 atom stereocenters. The molecule has 1 amide bonds. The van der Waals surface area contributed by atoms with Crippen molar-refractivity contribution in [2.45, 2.75) is 39.7 Å². The molecule has 2 heterocycles. The maximum Gasteiger partial charge on any atom is 0.323 e. The standard InChI is InChI=1S/C24H19ClN4O2.C4H10/c25-16-8-11-18-17(13-16)22(15-7-10-19-21(12-15)29-24(31)28-19)26-20(23(30)27-18)9-6-14-4-2-1-3-5-14;1-4(2)3/h1-5,7-8,10-13,20H,6,9H2,(H,27,30)(H2,28,29,31);4H,1-3H3. The first kappa shape index (κ1) is 24.5. The fourth-order valence-electron chi connectivity index (χ4n) is 3.88. The maximum absolute atomic E-state index is 13.0. The van der Waals surface area contributed by atoms with E-state index in [0.717, 1.165) is 29.0 Å². The van der Waals surface area contributed by atoms with E-state index >= 15 is 0 Å². The van der Waals surface area contributed by atoms with Crippen LogP contribution in [-0.4, -0.2) is 27.6 Å². The van der Waals surface area contributed by atoms with Crippen molar-refractivity contribution in [1.29, 1.82) is 0 Å². The quantitative estimate of drug-likeness (QED) is 0.330. The predicted octanol–water partition coefficient (Wildman–Crippen LogP) is 5.96. The topological polar surface area (TPSA) is 90.1 Å². The summed E-state index contributed by atoms with van der Waals surface area (Å²) in [6.45, 7) is 6.50. The Hall–Kier alpha value is -3.64. The molecule has 35 heavy (non-hydrogen) atoms. The number of anilines is 1. The Kier molecular flexibility index (Phi) is 7.51. The van der Waals surface area contributed by atoms with Gasteiger partial charge in [0.05, 0.1) is 22.4 Å². The number of nitrogens with one attached hydrogen (secondary N) is 3. The maximum atomic E-state index is 13.0. The minimum Gasteiger partial charge on any atom is -0.324 e. The Balaban J connectivity index is 0.000000672. The zero-order chi connectivity index (χ0) is 24.9. The molecule has 0 fully saturated rings. The minimum absolute atomic E-state index is 0.148. The third kappa shape index (κ3) is 6.08. The molecule has 3 N–H and O–H groups in total. The van der Waals surface area contributed by atoms with E-state index in [1.54, 1.807) is 18.2 Å². The van der Waals surface area contributed by atoms with Crippen LogP contribution in [0.4, 0.5) is 5.69 Å². The van der Waals surface area contributed by atoms with Crippen molar-refractivity contribution in [3.05, 3.63) is 98.9 Å². The molecule has 0 bridgehead atoms. The predicted molar refractivity (Wildman–Crippen MR) is 144 cm³/mol. The zero-order valence-electron chi connectivity index (χ0n) is 20.1. The van der Waals surface area contributed by atoms with Crippen LogP contribution >= 0.6 is 11.6 Å². The summed E-state index contributed by atoms with van der Waals surface area (Å²) in [5, 5.41) is 3.56. The van der Waals surface area contributed by atoms with Gasteiger partial charge in [0.1, 0.15) is 6.04 Å². The van der Waals surface area contributed by atoms with Crippen LogP contribution in [0.25, 0.3) is 11.0 Å². The number of benzene rings is 3. The highest BCUT2D eigenvalue weighted by Crippen LogP contribution is 2.29. The van der Waals surface area contributed by atoms with Gasteiger partial charge in [0.25, 0.3) is 0 Å². The molecule has 4 aromatic rings. The first-order valence-electron chi connectivity index (χ1n) is 11.7. The number of aryl methyl sites for hydroxylation is 1. The van der Waals surface area contributed by atoms with E-state index in [1.165, 1.54) is 0 Å². The van der Waals surface area contributed by atoms with Crippen molar-refractivity contribution in [3.8, 4) is 0 Å². The van der Waals surface area contributed by atoms with Gasteiger partial charge < -0.3 is 15.3 Å². The van der Waals surface area contributed by atoms with Crippen molar-refractivity contribution < 1.29 is 4.79 Å². The van der Waals surface area contributed by atoms with E-state index in [2.05, 4.69) is 36.1 Å². The van der Waals surface area contributed by atoms with E-state index in [9.17, 15) is 9.59 Å². The van der Waals surface area contributed by atoms with Gasteiger partial charge in [0.15, 0.2) is 0 Å². The van der Waals surface area contributed by atoms with E-state index in [4.69, 9.17) is 16.6 Å². The van der Waals surface area contributed by atoms with Crippen molar-refractivity contribution in [2.24, 2.45) is 10.9 Å². The number of aromatic nitrogens is 2. The average Bonchev–Trinajstić information content (AvgIpc) is 3.13. The molecule has 1 unspecified atom stereocenters. The minimum atomic E-state index is -0.553. The Labute approximate surface area is 209 Å². The summed E-state index contributed by atoms with van der Waals surface area (Å²) in [5.74, 6) is 0.686. The number of hydrogen-bond acceptors (Lipinski definition) is 3. The smallest absolute Gasteiger partial charge is 0.323 e. The summed E-state index contributed by atoms with van der Waals surface area (Å²) < 4.78 is 0. The SMILES string of the molecule is CC(C)C.O=C1Nc2ccc(Cl)cc2C(c2ccc3[nH]c(=O)[nH]c3c2)=NC1CCc1ccccc1. The summed E-state index contributed by atoms with van der Waals surface area (Å²) in [6, 6.07) is 20.4. The van der Waals surface area contributed by atoms with Gasteiger partial charge in [-0.2, -0.15) is 0 Å². The number of amides is 1. The number of carbonyl (C=O) groups is 1. The normalized spacial score (nSPS) is 15.1. The van der Waals surface area contributed by atoms with Gasteiger partial charge in [-0.25, -0.2) is 4.79 Å². The molecule has 0 saturated heterocycles. The summed E-state index contributed by atoms with van der Waals surface area (Å²) in [5.41, 5.74) is 5.16. The van der Waals surface area contributed by atoms with E-state index in [0.29, 0.717) is 33.9 Å². The number of aromatic amines is 2. The summed E-state index contributed by atoms with van der Waals surface area (Å²) >= 11 is 6.27. The molecule has 3 aromatic carbocycles. The molecule has 5 rings (SSSR count). The second-order valence-electron chi connectivity index (χ2n) is 9.27. The number of imidazole rings is 1. The molecule has 0 radical (unpaired) electrons. The summed E-state index contributed by atoms with van der Waals surface area (Å²) in [7, 11) is 0. The van der Waals surface area contributed by atoms with Gasteiger partial charge in [-0.15, -0.1) is 0 Å². The van der Waals surface area contributed by atoms with Crippen molar-refractivity contribution in [3.63, 3.8) is 0 Å². The molecular formula is C28H29ClN4O2. The Bertz CT molecular complexity index is 1420. The van der Waals surface area contributed by atoms with Gasteiger partial charge in [0.2, 0.25) is 5.91 Å². The second-order valence-corrected chi connectivity index (χ2v) is 9.70. The van der Waals surface area contributed by atoms with Crippen LogP contribution in [0, 0.1) is 5.92 Å². The number of benzodiazepines with no additional fused rings is 1. The van der Waals surface area contributed by atoms with Gasteiger partial charge in [-0.05, 0) is 54.7 Å². The molecule has 1 aliphatic rings. The lowest BCUT2D eigenvalue weighted by molar-refractivity contribution is -0.117. The number of fused-ring (bicyclic) bond motifs is 2. The Morgan fingerprint density at radius 2 is 1.63 bits per heavy atom. The third-order valence-corrected chi connectivity index (χ3v) is 5.66. The number of H-pyrrole nitrogens is 2. The molecular weight excluding hydrogens is 460 g/mol. The largest absolute Gasteiger partial charge is 0.324 e. The fourth-order valence-corrected chi connectivity index (χ4v) is 4.05. The molecule has 180 valence electrons.